The first-order valence-corrected chi connectivity index (χ1v) is 10.6. The van der Waals surface area contributed by atoms with Crippen molar-refractivity contribution >= 4 is 11.5 Å². The summed E-state index contributed by atoms with van der Waals surface area (Å²) in [6.45, 7) is 0.906. The minimum Gasteiger partial charge on any atom is -0.389 e. The number of nitrogens with zero attached hydrogens (tertiary/aromatic N) is 4. The molecular weight excluding hydrogens is 420 g/mol. The van der Waals surface area contributed by atoms with Crippen LogP contribution in [0.2, 0.25) is 0 Å². The zero-order valence-electron chi connectivity index (χ0n) is 18.0. The van der Waals surface area contributed by atoms with Gasteiger partial charge in [0.15, 0.2) is 0 Å². The van der Waals surface area contributed by atoms with Gasteiger partial charge in [-0.3, -0.25) is 19.0 Å². The summed E-state index contributed by atoms with van der Waals surface area (Å²) in [5.74, 6) is 0.0508. The second kappa shape index (κ2) is 10.0. The molecule has 0 saturated heterocycles. The fourth-order valence-electron chi connectivity index (χ4n) is 3.78. The van der Waals surface area contributed by atoms with Crippen molar-refractivity contribution in [1.82, 2.24) is 19.3 Å². The molecule has 2 aromatic carbocycles. The van der Waals surface area contributed by atoms with Crippen molar-refractivity contribution in [3.63, 3.8) is 0 Å². The molecule has 0 aliphatic carbocycles. The third-order valence-corrected chi connectivity index (χ3v) is 5.32. The maximum absolute atomic E-state index is 12.9. The largest absolute Gasteiger partial charge is 0.389 e. The van der Waals surface area contributed by atoms with Crippen LogP contribution < -0.4 is 21.9 Å². The standard InChI is InChI=1S/C24H26N6O3/c25-22-21(23(32)27-24(33)30(22)15-19-10-5-2-6-11-19)28(14-18-8-3-1-4-9-18)16-20(31)17-29-13-7-12-26-29/h1-13,20,31H,14-17,25H2,(H,27,32,33). The number of nitrogens with one attached hydrogen (secondary N) is 1. The number of aromatic amines is 1. The monoisotopic (exact) mass is 446 g/mol. The number of benzene rings is 2. The minimum atomic E-state index is -0.832. The highest BCUT2D eigenvalue weighted by Crippen LogP contribution is 2.21. The average molecular weight is 447 g/mol. The molecule has 2 aromatic heterocycles. The van der Waals surface area contributed by atoms with E-state index in [0.29, 0.717) is 6.54 Å². The van der Waals surface area contributed by atoms with Gasteiger partial charge in [-0.05, 0) is 17.2 Å². The van der Waals surface area contributed by atoms with Crippen LogP contribution in [0.1, 0.15) is 11.1 Å². The highest BCUT2D eigenvalue weighted by Gasteiger charge is 2.22. The predicted octanol–water partition coefficient (Wildman–Crippen LogP) is 1.43. The van der Waals surface area contributed by atoms with E-state index in [1.165, 1.54) is 4.57 Å². The van der Waals surface area contributed by atoms with E-state index in [-0.39, 0.29) is 31.1 Å². The lowest BCUT2D eigenvalue weighted by molar-refractivity contribution is 0.154. The summed E-state index contributed by atoms with van der Waals surface area (Å²) < 4.78 is 2.96. The number of hydrogen-bond donors (Lipinski definition) is 3. The van der Waals surface area contributed by atoms with Gasteiger partial charge in [-0.25, -0.2) is 4.79 Å². The van der Waals surface area contributed by atoms with Gasteiger partial charge >= 0.3 is 5.69 Å². The fraction of sp³-hybridized carbons (Fsp3) is 0.208. The van der Waals surface area contributed by atoms with E-state index in [1.807, 2.05) is 60.7 Å². The first-order valence-electron chi connectivity index (χ1n) is 10.6. The summed E-state index contributed by atoms with van der Waals surface area (Å²) >= 11 is 0. The Morgan fingerprint density at radius 1 is 1.00 bits per heavy atom. The number of anilines is 2. The zero-order valence-corrected chi connectivity index (χ0v) is 18.0. The molecule has 1 unspecified atom stereocenters. The van der Waals surface area contributed by atoms with Crippen molar-refractivity contribution < 1.29 is 5.11 Å². The molecule has 170 valence electrons. The number of nitrogen functional groups attached to an aromatic ring is 1. The van der Waals surface area contributed by atoms with Crippen molar-refractivity contribution in [3.05, 3.63) is 111 Å². The molecule has 0 spiro atoms. The molecule has 33 heavy (non-hydrogen) atoms. The first-order chi connectivity index (χ1) is 16.0. The van der Waals surface area contributed by atoms with E-state index in [1.54, 1.807) is 28.0 Å². The normalized spacial score (nSPS) is 11.9. The van der Waals surface area contributed by atoms with Crippen LogP contribution in [0, 0.1) is 0 Å². The number of rotatable bonds is 9. The number of nitrogens with two attached hydrogens (primary N) is 1. The molecular formula is C24H26N6O3. The third-order valence-electron chi connectivity index (χ3n) is 5.32. The SMILES string of the molecule is Nc1c(N(Cc2ccccc2)CC(O)Cn2cccn2)c(=O)[nH]c(=O)n1Cc1ccccc1. The van der Waals surface area contributed by atoms with Crippen molar-refractivity contribution in [2.75, 3.05) is 17.2 Å². The molecule has 4 aromatic rings. The highest BCUT2D eigenvalue weighted by molar-refractivity contribution is 5.63. The molecule has 9 nitrogen and oxygen atoms in total. The van der Waals surface area contributed by atoms with E-state index < -0.39 is 17.4 Å². The van der Waals surface area contributed by atoms with Gasteiger partial charge in [-0.15, -0.1) is 0 Å². The van der Waals surface area contributed by atoms with Crippen molar-refractivity contribution in [2.45, 2.75) is 25.7 Å². The zero-order chi connectivity index (χ0) is 23.2. The Kier molecular flexibility index (Phi) is 6.70. The first kappa shape index (κ1) is 22.1. The summed E-state index contributed by atoms with van der Waals surface area (Å²) in [4.78, 5) is 29.6. The van der Waals surface area contributed by atoms with Crippen LogP contribution >= 0.6 is 0 Å². The van der Waals surface area contributed by atoms with E-state index in [2.05, 4.69) is 10.1 Å². The number of H-pyrrole nitrogens is 1. The van der Waals surface area contributed by atoms with E-state index >= 15 is 0 Å². The van der Waals surface area contributed by atoms with E-state index in [0.717, 1.165) is 11.1 Å². The van der Waals surface area contributed by atoms with Crippen LogP contribution in [0.15, 0.2) is 88.7 Å². The van der Waals surface area contributed by atoms with Gasteiger partial charge in [0.05, 0.1) is 19.2 Å². The Morgan fingerprint density at radius 2 is 1.67 bits per heavy atom. The molecule has 0 aliphatic rings. The number of aromatic nitrogens is 4. The smallest absolute Gasteiger partial charge is 0.330 e. The average Bonchev–Trinajstić information content (AvgIpc) is 3.31. The van der Waals surface area contributed by atoms with Gasteiger partial charge in [0.25, 0.3) is 5.56 Å². The third kappa shape index (κ3) is 5.39. The molecule has 0 aliphatic heterocycles. The maximum Gasteiger partial charge on any atom is 0.330 e. The van der Waals surface area contributed by atoms with Crippen molar-refractivity contribution in [1.29, 1.82) is 0 Å². The molecule has 0 saturated carbocycles. The highest BCUT2D eigenvalue weighted by atomic mass is 16.3. The quantitative estimate of drug-likeness (QED) is 0.358. The summed E-state index contributed by atoms with van der Waals surface area (Å²) in [6.07, 6.45) is 2.56. The van der Waals surface area contributed by atoms with Gasteiger partial charge in [-0.2, -0.15) is 5.10 Å². The predicted molar refractivity (Wildman–Crippen MR) is 127 cm³/mol. The molecule has 4 rings (SSSR count). The second-order valence-electron chi connectivity index (χ2n) is 7.81. The topological polar surface area (TPSA) is 122 Å². The summed E-state index contributed by atoms with van der Waals surface area (Å²) in [5.41, 5.74) is 7.18. The number of aliphatic hydroxyl groups excluding tert-OH is 1. The van der Waals surface area contributed by atoms with Crippen LogP contribution in [0.5, 0.6) is 0 Å². The van der Waals surface area contributed by atoms with Crippen LogP contribution in [0.3, 0.4) is 0 Å². The summed E-state index contributed by atoms with van der Waals surface area (Å²) in [6, 6.07) is 20.7. The van der Waals surface area contributed by atoms with Crippen LogP contribution in [-0.2, 0) is 19.6 Å². The van der Waals surface area contributed by atoms with Crippen LogP contribution in [0.25, 0.3) is 0 Å². The number of aliphatic hydroxyl groups is 1. The molecule has 0 radical (unpaired) electrons. The lowest BCUT2D eigenvalue weighted by Gasteiger charge is -2.28. The lowest BCUT2D eigenvalue weighted by Crippen LogP contribution is -2.42. The molecule has 2 heterocycles. The molecule has 0 fully saturated rings. The second-order valence-corrected chi connectivity index (χ2v) is 7.81. The van der Waals surface area contributed by atoms with Gasteiger partial charge in [0.1, 0.15) is 11.5 Å². The van der Waals surface area contributed by atoms with E-state index in [9.17, 15) is 14.7 Å². The van der Waals surface area contributed by atoms with Crippen molar-refractivity contribution in [2.24, 2.45) is 0 Å². The van der Waals surface area contributed by atoms with Crippen LogP contribution in [0.4, 0.5) is 11.5 Å². The Morgan fingerprint density at radius 3 is 2.30 bits per heavy atom. The molecule has 0 bridgehead atoms. The molecule has 9 heteroatoms. The van der Waals surface area contributed by atoms with Gasteiger partial charge in [0.2, 0.25) is 0 Å². The van der Waals surface area contributed by atoms with E-state index in [4.69, 9.17) is 5.73 Å². The number of hydrogen-bond acceptors (Lipinski definition) is 6. The van der Waals surface area contributed by atoms with Gasteiger partial charge < -0.3 is 15.7 Å². The van der Waals surface area contributed by atoms with Gasteiger partial charge in [0, 0.05) is 25.5 Å². The Labute approximate surface area is 190 Å². The van der Waals surface area contributed by atoms with Gasteiger partial charge in [-0.1, -0.05) is 60.7 Å². The molecule has 4 N–H and O–H groups in total. The van der Waals surface area contributed by atoms with Crippen molar-refractivity contribution in [3.8, 4) is 0 Å². The fourth-order valence-corrected chi connectivity index (χ4v) is 3.78. The molecule has 0 amide bonds. The summed E-state index contributed by atoms with van der Waals surface area (Å²) in [5, 5.41) is 14.9. The molecule has 1 atom stereocenters. The minimum absolute atomic E-state index is 0.0508. The Hall–Kier alpha value is -4.11. The Balaban J connectivity index is 1.71. The van der Waals surface area contributed by atoms with Crippen LogP contribution in [-0.4, -0.2) is 37.1 Å². The lowest BCUT2D eigenvalue weighted by atomic mass is 10.2. The summed E-state index contributed by atoms with van der Waals surface area (Å²) in [7, 11) is 0. The Bertz CT molecular complexity index is 1280. The maximum atomic E-state index is 12.9.